The summed E-state index contributed by atoms with van der Waals surface area (Å²) < 4.78 is 39.5. The number of nitrogens with two attached hydrogens (primary N) is 1. The van der Waals surface area contributed by atoms with Gasteiger partial charge in [0.2, 0.25) is 5.95 Å². The van der Waals surface area contributed by atoms with E-state index in [0.29, 0.717) is 11.4 Å². The first-order valence-corrected chi connectivity index (χ1v) is 5.28. The summed E-state index contributed by atoms with van der Waals surface area (Å²) in [6, 6.07) is 2.55. The minimum atomic E-state index is -4.58. The molecule has 0 aliphatic heterocycles. The molecule has 0 fully saturated rings. The second-order valence-electron chi connectivity index (χ2n) is 3.92. The van der Waals surface area contributed by atoms with Crippen LogP contribution in [0.5, 0.6) is 0 Å². The Morgan fingerprint density at radius 2 is 1.89 bits per heavy atom. The van der Waals surface area contributed by atoms with Gasteiger partial charge in [-0.2, -0.15) is 23.3 Å². The fourth-order valence-electron chi connectivity index (χ4n) is 1.61. The van der Waals surface area contributed by atoms with Crippen molar-refractivity contribution in [2.24, 2.45) is 5.84 Å². The van der Waals surface area contributed by atoms with E-state index >= 15 is 0 Å². The van der Waals surface area contributed by atoms with Gasteiger partial charge in [-0.25, -0.2) is 15.5 Å². The topological polar surface area (TPSA) is 81.7 Å². The van der Waals surface area contributed by atoms with Crippen LogP contribution >= 0.6 is 0 Å². The zero-order valence-electron chi connectivity index (χ0n) is 10.2. The monoisotopic (exact) mass is 272 g/mol. The quantitative estimate of drug-likeness (QED) is 0.640. The second-order valence-corrected chi connectivity index (χ2v) is 3.92. The van der Waals surface area contributed by atoms with Crippen molar-refractivity contribution < 1.29 is 13.2 Å². The Hall–Kier alpha value is -2.16. The zero-order chi connectivity index (χ0) is 14.2. The number of nitrogens with zero attached hydrogens (tertiary/aromatic N) is 4. The number of hydrogen-bond acceptors (Lipinski definition) is 5. The molecule has 102 valence electrons. The molecule has 3 N–H and O–H groups in total. The van der Waals surface area contributed by atoms with E-state index in [1.54, 1.807) is 19.9 Å². The minimum Gasteiger partial charge on any atom is -0.292 e. The lowest BCUT2D eigenvalue weighted by molar-refractivity contribution is -0.141. The van der Waals surface area contributed by atoms with Crippen LogP contribution in [0.3, 0.4) is 0 Å². The summed E-state index contributed by atoms with van der Waals surface area (Å²) in [5.74, 6) is 4.76. The average molecular weight is 272 g/mol. The number of hydrogen-bond donors (Lipinski definition) is 2. The Morgan fingerprint density at radius 1 is 1.21 bits per heavy atom. The maximum atomic E-state index is 12.7. The SMILES string of the molecule is Cc1cc(C)n(-c2cc(C(F)(F)F)nc(NN)n2)n1. The molecule has 2 rings (SSSR count). The van der Waals surface area contributed by atoms with Crippen molar-refractivity contribution in [1.82, 2.24) is 19.7 Å². The Bertz CT molecular complexity index is 604. The van der Waals surface area contributed by atoms with Gasteiger partial charge in [-0.15, -0.1) is 0 Å². The van der Waals surface area contributed by atoms with Gasteiger partial charge in [-0.05, 0) is 19.9 Å². The number of hydrazine groups is 1. The van der Waals surface area contributed by atoms with Gasteiger partial charge in [-0.3, -0.25) is 5.43 Å². The van der Waals surface area contributed by atoms with Crippen LogP contribution in [0.4, 0.5) is 19.1 Å². The molecule has 0 radical (unpaired) electrons. The van der Waals surface area contributed by atoms with E-state index < -0.39 is 11.9 Å². The molecule has 6 nitrogen and oxygen atoms in total. The fourth-order valence-corrected chi connectivity index (χ4v) is 1.61. The van der Waals surface area contributed by atoms with Gasteiger partial charge < -0.3 is 0 Å². The lowest BCUT2D eigenvalue weighted by Crippen LogP contribution is -2.17. The van der Waals surface area contributed by atoms with Crippen LogP contribution in [0, 0.1) is 13.8 Å². The molecule has 0 bridgehead atoms. The molecule has 0 amide bonds. The molecule has 0 unspecified atom stereocenters. The van der Waals surface area contributed by atoms with Gasteiger partial charge in [0, 0.05) is 11.8 Å². The van der Waals surface area contributed by atoms with E-state index in [0.717, 1.165) is 6.07 Å². The number of aromatic nitrogens is 4. The third-order valence-electron chi connectivity index (χ3n) is 2.36. The molecular formula is C10H11F3N6. The molecule has 0 aliphatic carbocycles. The maximum Gasteiger partial charge on any atom is 0.433 e. The van der Waals surface area contributed by atoms with Gasteiger partial charge in [0.05, 0.1) is 5.69 Å². The van der Waals surface area contributed by atoms with Crippen molar-refractivity contribution in [3.63, 3.8) is 0 Å². The summed E-state index contributed by atoms with van der Waals surface area (Å²) >= 11 is 0. The van der Waals surface area contributed by atoms with E-state index in [1.165, 1.54) is 4.68 Å². The van der Waals surface area contributed by atoms with Gasteiger partial charge >= 0.3 is 6.18 Å². The largest absolute Gasteiger partial charge is 0.433 e. The summed E-state index contributed by atoms with van der Waals surface area (Å²) in [7, 11) is 0. The van der Waals surface area contributed by atoms with Gasteiger partial charge in [-0.1, -0.05) is 0 Å². The van der Waals surface area contributed by atoms with Crippen molar-refractivity contribution in [3.05, 3.63) is 29.2 Å². The fraction of sp³-hybridized carbons (Fsp3) is 0.300. The Kier molecular flexibility index (Phi) is 3.14. The van der Waals surface area contributed by atoms with E-state index in [-0.39, 0.29) is 11.8 Å². The lowest BCUT2D eigenvalue weighted by atomic mass is 10.3. The van der Waals surface area contributed by atoms with Gasteiger partial charge in [0.25, 0.3) is 0 Å². The van der Waals surface area contributed by atoms with Crippen LogP contribution in [0.25, 0.3) is 5.82 Å². The summed E-state index contributed by atoms with van der Waals surface area (Å²) in [4.78, 5) is 7.13. The van der Waals surface area contributed by atoms with E-state index in [2.05, 4.69) is 15.1 Å². The van der Waals surface area contributed by atoms with Crippen LogP contribution in [0.1, 0.15) is 17.1 Å². The van der Waals surface area contributed by atoms with Crippen LogP contribution in [0.2, 0.25) is 0 Å². The lowest BCUT2D eigenvalue weighted by Gasteiger charge is -2.10. The number of alkyl halides is 3. The molecule has 0 saturated heterocycles. The van der Waals surface area contributed by atoms with Crippen molar-refractivity contribution in [3.8, 4) is 5.82 Å². The molecule has 2 aromatic heterocycles. The van der Waals surface area contributed by atoms with Crippen molar-refractivity contribution in [2.45, 2.75) is 20.0 Å². The van der Waals surface area contributed by atoms with E-state index in [1.807, 2.05) is 5.43 Å². The number of halogens is 3. The maximum absolute atomic E-state index is 12.7. The first kappa shape index (κ1) is 13.3. The highest BCUT2D eigenvalue weighted by Gasteiger charge is 2.34. The number of nitrogens with one attached hydrogen (secondary N) is 1. The Labute approximate surface area is 106 Å². The smallest absolute Gasteiger partial charge is 0.292 e. The molecule has 0 saturated carbocycles. The number of rotatable bonds is 2. The average Bonchev–Trinajstić information content (AvgIpc) is 2.66. The summed E-state index contributed by atoms with van der Waals surface area (Å²) in [6.45, 7) is 3.45. The molecule has 2 heterocycles. The summed E-state index contributed by atoms with van der Waals surface area (Å²) in [5, 5.41) is 4.07. The van der Waals surface area contributed by atoms with E-state index in [4.69, 9.17) is 5.84 Å². The Morgan fingerprint density at radius 3 is 2.37 bits per heavy atom. The summed E-state index contributed by atoms with van der Waals surface area (Å²) in [6.07, 6.45) is -4.58. The van der Waals surface area contributed by atoms with E-state index in [9.17, 15) is 13.2 Å². The molecule has 0 spiro atoms. The Balaban J connectivity index is 2.60. The van der Waals surface area contributed by atoms with Crippen LogP contribution in [-0.2, 0) is 6.18 Å². The van der Waals surface area contributed by atoms with Crippen molar-refractivity contribution in [2.75, 3.05) is 5.43 Å². The normalized spacial score (nSPS) is 11.7. The highest BCUT2D eigenvalue weighted by Crippen LogP contribution is 2.29. The van der Waals surface area contributed by atoms with Crippen molar-refractivity contribution in [1.29, 1.82) is 0 Å². The predicted molar refractivity (Wildman–Crippen MR) is 61.4 cm³/mol. The molecule has 0 atom stereocenters. The zero-order valence-corrected chi connectivity index (χ0v) is 10.2. The predicted octanol–water partition coefficient (Wildman–Crippen LogP) is 1.58. The molecule has 0 aliphatic rings. The first-order valence-electron chi connectivity index (χ1n) is 5.28. The number of aryl methyl sites for hydroxylation is 2. The van der Waals surface area contributed by atoms with Gasteiger partial charge in [0.1, 0.15) is 0 Å². The van der Waals surface area contributed by atoms with Crippen LogP contribution < -0.4 is 11.3 Å². The molecular weight excluding hydrogens is 261 g/mol. The molecule has 9 heteroatoms. The first-order chi connectivity index (χ1) is 8.81. The van der Waals surface area contributed by atoms with Crippen LogP contribution in [-0.4, -0.2) is 19.7 Å². The van der Waals surface area contributed by atoms with Gasteiger partial charge in [0.15, 0.2) is 11.5 Å². The second kappa shape index (κ2) is 4.50. The number of nitrogen functional groups attached to an aromatic ring is 1. The summed E-state index contributed by atoms with van der Waals surface area (Å²) in [5.41, 5.74) is 2.26. The molecule has 19 heavy (non-hydrogen) atoms. The molecule has 0 aromatic carbocycles. The standard InChI is InChI=1S/C10H11F3N6/c1-5-3-6(2)19(18-5)8-4-7(10(11,12)13)15-9(16-8)17-14/h3-4H,14H2,1-2H3,(H,15,16,17). The highest BCUT2D eigenvalue weighted by molar-refractivity contribution is 5.36. The molecule has 2 aromatic rings. The number of anilines is 1. The minimum absolute atomic E-state index is 0.000810. The highest BCUT2D eigenvalue weighted by atomic mass is 19.4. The third kappa shape index (κ3) is 2.65. The van der Waals surface area contributed by atoms with Crippen molar-refractivity contribution >= 4 is 5.95 Å². The van der Waals surface area contributed by atoms with Crippen LogP contribution in [0.15, 0.2) is 12.1 Å². The third-order valence-corrected chi connectivity index (χ3v) is 2.36.